The van der Waals surface area contributed by atoms with Gasteiger partial charge < -0.3 is 10.0 Å². The number of aromatic carboxylic acids is 1. The number of amides is 1. The Bertz CT molecular complexity index is 517. The second-order valence-electron chi connectivity index (χ2n) is 4.82. The summed E-state index contributed by atoms with van der Waals surface area (Å²) >= 11 is 0. The summed E-state index contributed by atoms with van der Waals surface area (Å²) < 4.78 is 0. The Morgan fingerprint density at radius 2 is 1.95 bits per heavy atom. The highest BCUT2D eigenvalue weighted by molar-refractivity contribution is 5.87. The van der Waals surface area contributed by atoms with Crippen LogP contribution in [0.25, 0.3) is 0 Å². The number of carboxylic acids is 1. The van der Waals surface area contributed by atoms with Crippen molar-refractivity contribution in [2.75, 3.05) is 13.1 Å². The van der Waals surface area contributed by atoms with Crippen LogP contribution in [0, 0.1) is 0 Å². The van der Waals surface area contributed by atoms with E-state index < -0.39 is 5.97 Å². The molecule has 19 heavy (non-hydrogen) atoms. The summed E-state index contributed by atoms with van der Waals surface area (Å²) in [5.74, 6) is -0.860. The second-order valence-corrected chi connectivity index (χ2v) is 4.82. The molecule has 0 radical (unpaired) electrons. The van der Waals surface area contributed by atoms with Gasteiger partial charge in [0, 0.05) is 13.1 Å². The van der Waals surface area contributed by atoms with Gasteiger partial charge in [0.15, 0.2) is 0 Å². The molecule has 0 unspecified atom stereocenters. The van der Waals surface area contributed by atoms with Crippen molar-refractivity contribution in [2.45, 2.75) is 19.8 Å². The highest BCUT2D eigenvalue weighted by Crippen LogP contribution is 2.12. The summed E-state index contributed by atoms with van der Waals surface area (Å²) in [7, 11) is 0. The lowest BCUT2D eigenvalue weighted by Crippen LogP contribution is -2.35. The van der Waals surface area contributed by atoms with E-state index in [1.54, 1.807) is 12.1 Å². The van der Waals surface area contributed by atoms with Crippen molar-refractivity contribution in [2.24, 2.45) is 0 Å². The largest absolute Gasteiger partial charge is 0.478 e. The lowest BCUT2D eigenvalue weighted by Gasteiger charge is -2.25. The topological polar surface area (TPSA) is 57.6 Å². The van der Waals surface area contributed by atoms with Gasteiger partial charge in [-0.3, -0.25) is 4.79 Å². The number of hydrogen-bond donors (Lipinski definition) is 1. The minimum absolute atomic E-state index is 0.0897. The van der Waals surface area contributed by atoms with Gasteiger partial charge in [-0.25, -0.2) is 4.79 Å². The van der Waals surface area contributed by atoms with Crippen LogP contribution >= 0.6 is 0 Å². The summed E-state index contributed by atoms with van der Waals surface area (Å²) in [6, 6.07) is 6.47. The van der Waals surface area contributed by atoms with E-state index in [4.69, 9.17) is 5.11 Å². The third-order valence-electron chi connectivity index (χ3n) is 3.35. The average Bonchev–Trinajstić information content (AvgIpc) is 2.40. The van der Waals surface area contributed by atoms with E-state index in [1.807, 2.05) is 4.90 Å². The summed E-state index contributed by atoms with van der Waals surface area (Å²) in [5.41, 5.74) is 2.42. The lowest BCUT2D eigenvalue weighted by atomic mass is 10.1. The van der Waals surface area contributed by atoms with Crippen molar-refractivity contribution in [3.63, 3.8) is 0 Å². The fourth-order valence-electron chi connectivity index (χ4n) is 2.05. The minimum atomic E-state index is -0.950. The van der Waals surface area contributed by atoms with Crippen molar-refractivity contribution in [1.29, 1.82) is 0 Å². The van der Waals surface area contributed by atoms with Gasteiger partial charge in [-0.05, 0) is 31.0 Å². The van der Waals surface area contributed by atoms with Crippen LogP contribution < -0.4 is 0 Å². The molecule has 1 aliphatic heterocycles. The first-order chi connectivity index (χ1) is 9.06. The van der Waals surface area contributed by atoms with Crippen LogP contribution in [-0.2, 0) is 11.2 Å². The molecule has 1 N–H and O–H groups in total. The zero-order valence-corrected chi connectivity index (χ0v) is 10.9. The number of benzene rings is 1. The molecule has 0 atom stereocenters. The van der Waals surface area contributed by atoms with E-state index in [0.717, 1.165) is 18.5 Å². The minimum Gasteiger partial charge on any atom is -0.478 e. The maximum absolute atomic E-state index is 12.1. The Morgan fingerprint density at radius 1 is 1.26 bits per heavy atom. The first kappa shape index (κ1) is 13.3. The van der Waals surface area contributed by atoms with E-state index in [-0.39, 0.29) is 11.5 Å². The van der Waals surface area contributed by atoms with Crippen LogP contribution in [0.2, 0.25) is 0 Å². The number of carbonyl (C=O) groups is 2. The predicted octanol–water partition coefficient (Wildman–Crippen LogP) is 2.11. The Labute approximate surface area is 112 Å². The van der Waals surface area contributed by atoms with E-state index in [0.29, 0.717) is 13.0 Å². The monoisotopic (exact) mass is 259 g/mol. The van der Waals surface area contributed by atoms with Crippen molar-refractivity contribution >= 4 is 11.9 Å². The zero-order valence-electron chi connectivity index (χ0n) is 10.9. The summed E-state index contributed by atoms with van der Waals surface area (Å²) in [6.45, 7) is 3.53. The number of carboxylic acid groups (broad SMARTS) is 1. The Kier molecular flexibility index (Phi) is 4.00. The van der Waals surface area contributed by atoms with Gasteiger partial charge in [0.1, 0.15) is 0 Å². The summed E-state index contributed by atoms with van der Waals surface area (Å²) in [5, 5.41) is 8.80. The summed E-state index contributed by atoms with van der Waals surface area (Å²) in [4.78, 5) is 24.6. The van der Waals surface area contributed by atoms with Gasteiger partial charge in [-0.2, -0.15) is 0 Å². The maximum Gasteiger partial charge on any atom is 0.335 e. The zero-order chi connectivity index (χ0) is 13.8. The van der Waals surface area contributed by atoms with Gasteiger partial charge in [-0.1, -0.05) is 23.8 Å². The third-order valence-corrected chi connectivity index (χ3v) is 3.35. The Hall–Kier alpha value is -2.10. The average molecular weight is 259 g/mol. The second kappa shape index (κ2) is 5.69. The van der Waals surface area contributed by atoms with Gasteiger partial charge in [0.25, 0.3) is 0 Å². The molecular weight excluding hydrogens is 242 g/mol. The number of hydrogen-bond acceptors (Lipinski definition) is 2. The van der Waals surface area contributed by atoms with Crippen molar-refractivity contribution in [1.82, 2.24) is 4.90 Å². The highest BCUT2D eigenvalue weighted by Gasteiger charge is 2.16. The van der Waals surface area contributed by atoms with Gasteiger partial charge in [-0.15, -0.1) is 0 Å². The molecule has 0 fully saturated rings. The molecule has 0 aromatic heterocycles. The van der Waals surface area contributed by atoms with Crippen molar-refractivity contribution in [3.05, 3.63) is 47.0 Å². The van der Waals surface area contributed by atoms with E-state index >= 15 is 0 Å². The number of carbonyl (C=O) groups excluding carboxylic acids is 1. The van der Waals surface area contributed by atoms with Crippen LogP contribution in [0.15, 0.2) is 35.9 Å². The SMILES string of the molecule is CC1=CCN(C(=O)Cc2ccc(C(=O)O)cc2)CC1. The quantitative estimate of drug-likeness (QED) is 0.846. The van der Waals surface area contributed by atoms with Crippen LogP contribution in [0.3, 0.4) is 0 Å². The van der Waals surface area contributed by atoms with Crippen molar-refractivity contribution < 1.29 is 14.7 Å². The molecule has 4 nitrogen and oxygen atoms in total. The molecule has 100 valence electrons. The first-order valence-corrected chi connectivity index (χ1v) is 6.32. The first-order valence-electron chi connectivity index (χ1n) is 6.32. The fourth-order valence-corrected chi connectivity index (χ4v) is 2.05. The molecule has 0 saturated heterocycles. The molecule has 1 aliphatic rings. The van der Waals surface area contributed by atoms with Gasteiger partial charge in [0.2, 0.25) is 5.91 Å². The van der Waals surface area contributed by atoms with Crippen LogP contribution in [-0.4, -0.2) is 35.0 Å². The standard InChI is InChI=1S/C15H17NO3/c1-11-6-8-16(9-7-11)14(17)10-12-2-4-13(5-3-12)15(18)19/h2-6H,7-10H2,1H3,(H,18,19). The van der Waals surface area contributed by atoms with Gasteiger partial charge in [0.05, 0.1) is 12.0 Å². The third kappa shape index (κ3) is 3.44. The van der Waals surface area contributed by atoms with Crippen LogP contribution in [0.5, 0.6) is 0 Å². The molecule has 1 heterocycles. The normalized spacial score (nSPS) is 15.0. The fraction of sp³-hybridized carbons (Fsp3) is 0.333. The van der Waals surface area contributed by atoms with E-state index in [9.17, 15) is 9.59 Å². The molecule has 1 aromatic carbocycles. The molecule has 0 bridgehead atoms. The molecule has 0 aliphatic carbocycles. The van der Waals surface area contributed by atoms with Crippen LogP contribution in [0.1, 0.15) is 29.3 Å². The van der Waals surface area contributed by atoms with Crippen molar-refractivity contribution in [3.8, 4) is 0 Å². The Balaban J connectivity index is 1.97. The summed E-state index contributed by atoms with van der Waals surface area (Å²) in [6.07, 6.45) is 3.34. The van der Waals surface area contributed by atoms with Crippen LogP contribution in [0.4, 0.5) is 0 Å². The molecule has 4 heteroatoms. The maximum atomic E-state index is 12.1. The molecule has 2 rings (SSSR count). The molecular formula is C15H17NO3. The number of nitrogens with zero attached hydrogens (tertiary/aromatic N) is 1. The highest BCUT2D eigenvalue weighted by atomic mass is 16.4. The lowest BCUT2D eigenvalue weighted by molar-refractivity contribution is -0.130. The number of rotatable bonds is 3. The van der Waals surface area contributed by atoms with Gasteiger partial charge >= 0.3 is 5.97 Å². The molecule has 1 aromatic rings. The van der Waals surface area contributed by atoms with E-state index in [1.165, 1.54) is 17.7 Å². The predicted molar refractivity (Wildman–Crippen MR) is 72.1 cm³/mol. The Morgan fingerprint density at radius 3 is 2.47 bits per heavy atom. The molecule has 1 amide bonds. The molecule has 0 saturated carbocycles. The van der Waals surface area contributed by atoms with E-state index in [2.05, 4.69) is 13.0 Å². The smallest absolute Gasteiger partial charge is 0.335 e. The molecule has 0 spiro atoms.